The van der Waals surface area contributed by atoms with Crippen LogP contribution in [0.2, 0.25) is 0 Å². The summed E-state index contributed by atoms with van der Waals surface area (Å²) in [5, 5.41) is 51.2. The fourth-order valence-electron chi connectivity index (χ4n) is 16.1. The van der Waals surface area contributed by atoms with Crippen molar-refractivity contribution in [2.75, 3.05) is 91.0 Å². The van der Waals surface area contributed by atoms with Crippen LogP contribution in [0.25, 0.3) is 47.6 Å². The Morgan fingerprint density at radius 3 is 1.30 bits per heavy atom. The molecule has 0 aliphatic carbocycles. The van der Waals surface area contributed by atoms with Gasteiger partial charge >= 0.3 is 41.7 Å². The third-order valence-electron chi connectivity index (χ3n) is 22.0. The summed E-state index contributed by atoms with van der Waals surface area (Å²) in [5.41, 5.74) is 34.3. The maximum Gasteiger partial charge on any atom is 1.00 e. The minimum absolute atomic E-state index is 0. The Morgan fingerprint density at radius 1 is 0.523 bits per heavy atom. The van der Waals surface area contributed by atoms with E-state index in [-0.39, 0.29) is 109 Å². The van der Waals surface area contributed by atoms with E-state index in [1.165, 1.54) is 34.0 Å². The molecule has 0 unspecified atom stereocenters. The van der Waals surface area contributed by atoms with Gasteiger partial charge in [0.2, 0.25) is 17.8 Å². The van der Waals surface area contributed by atoms with Gasteiger partial charge in [-0.05, 0) is 232 Å². The fraction of sp³-hybridized carbons (Fsp3) is 0.468. The average molecular weight is 1960 g/mol. The first-order chi connectivity index (χ1) is 61.1. The molecule has 0 radical (unpaired) electrons. The molecule has 13 N–H and O–H groups in total. The van der Waals surface area contributed by atoms with Gasteiger partial charge < -0.3 is 102 Å². The predicted molar refractivity (Wildman–Crippen MR) is 497 cm³/mol. The third-order valence-corrected chi connectivity index (χ3v) is 28.1. The predicted octanol–water partition coefficient (Wildman–Crippen LogP) is 13.3. The van der Waals surface area contributed by atoms with Gasteiger partial charge in [0.15, 0.2) is 26.7 Å². The molecular weight excluding hydrogens is 1860 g/mol. The van der Waals surface area contributed by atoms with E-state index >= 15 is 0 Å². The number of hydrogen-bond acceptors (Lipinski definition) is 31. The van der Waals surface area contributed by atoms with Crippen LogP contribution in [0, 0.1) is 27.8 Å². The molecule has 6 aliphatic heterocycles. The summed E-state index contributed by atoms with van der Waals surface area (Å²) in [6.07, 6.45) is 21.6. The van der Waals surface area contributed by atoms with Gasteiger partial charge in [0.1, 0.15) is 11.2 Å². The number of carbonyl (C=O) groups excluding carboxylic acids is 2. The Morgan fingerprint density at radius 2 is 0.892 bits per heavy atom. The number of nitrogens with one attached hydrogen (secondary N) is 3. The Hall–Kier alpha value is -10.5. The van der Waals surface area contributed by atoms with Crippen LogP contribution in [0.15, 0.2) is 213 Å². The molecule has 3 spiro atoms. The van der Waals surface area contributed by atoms with Crippen LogP contribution in [-0.4, -0.2) is 177 Å². The smallest absolute Gasteiger partial charge is 0.813 e. The van der Waals surface area contributed by atoms with E-state index in [2.05, 4.69) is 194 Å². The number of aromatic nitrogens is 12. The Kier molecular flexibility index (Phi) is 34.3. The number of alkyl carbamates (subject to hydrolysis) is 2. The van der Waals surface area contributed by atoms with Crippen molar-refractivity contribution < 1.29 is 62.8 Å². The Balaban J connectivity index is 0.000000164. The van der Waals surface area contributed by atoms with Crippen molar-refractivity contribution in [1.29, 1.82) is 5.53 Å². The number of carbonyl (C=O) groups is 2. The summed E-state index contributed by atoms with van der Waals surface area (Å²) in [6, 6.07) is 21.0. The zero-order valence-corrected chi connectivity index (χ0v) is 80.6. The van der Waals surface area contributed by atoms with Crippen molar-refractivity contribution in [3.8, 4) is 0 Å². The number of nitrogen functional groups attached to an aromatic ring is 3. The maximum atomic E-state index is 12.6. The number of thiol groups is 1. The number of halogens is 1. The van der Waals surface area contributed by atoms with Gasteiger partial charge in [-0.15, -0.1) is 6.20 Å². The molecule has 6 aliphatic rings. The molecule has 18 rings (SSSR count). The molecule has 0 saturated carbocycles. The summed E-state index contributed by atoms with van der Waals surface area (Å²) in [6.45, 7) is 24.5. The van der Waals surface area contributed by atoms with Crippen LogP contribution in [-0.2, 0) is 37.2 Å². The summed E-state index contributed by atoms with van der Waals surface area (Å²) in [5.74, 6) is 7.25. The second kappa shape index (κ2) is 44.6. The van der Waals surface area contributed by atoms with E-state index in [0.717, 1.165) is 174 Å². The van der Waals surface area contributed by atoms with Crippen LogP contribution in [0.1, 0.15) is 108 Å². The first kappa shape index (κ1) is 100. The van der Waals surface area contributed by atoms with Gasteiger partial charge in [-0.1, -0.05) is 88.4 Å². The van der Waals surface area contributed by atoms with E-state index < -0.39 is 17.3 Å². The van der Waals surface area contributed by atoms with Gasteiger partial charge in [-0.2, -0.15) is 5.53 Å². The van der Waals surface area contributed by atoms with Crippen molar-refractivity contribution in [2.24, 2.45) is 106 Å². The van der Waals surface area contributed by atoms with Gasteiger partial charge in [-0.25, -0.2) is 44.5 Å². The van der Waals surface area contributed by atoms with Gasteiger partial charge in [0.05, 0.1) is 90.7 Å². The summed E-state index contributed by atoms with van der Waals surface area (Å²) in [4.78, 5) is 76.9. The van der Waals surface area contributed by atoms with Crippen molar-refractivity contribution >= 4 is 180 Å². The largest absolute Gasteiger partial charge is 1.00 e. The van der Waals surface area contributed by atoms with Gasteiger partial charge in [0, 0.05) is 125 Å². The number of nitrogens with zero attached hydrogens (tertiary/aromatic N) is 30. The first-order valence-corrected chi connectivity index (χ1v) is 45.0. The molecule has 2 amide bonds. The van der Waals surface area contributed by atoms with E-state index in [1.807, 2.05) is 146 Å². The van der Waals surface area contributed by atoms with Crippen molar-refractivity contribution in [3.05, 3.63) is 121 Å². The standard InChI is InChI=1S/C27H33N7O3S2.C22H25N7OS2.C20H28N5O3.C7H5BrN2S.CH4.H3N17.Na.H2S/c1-16-21(32-25(35)37-26(2,3)4)27(15-36-16)8-11-33(12-9-27)24-30-14-19(22-29-10-13-34(22)24)38-18-7-5-6-17-20(18)39-23(28)31-17;1-13-18(23)22(12-30-13)5-8-28(9-6-22)21-26-11-16(19-25-7-10-29(19)21)31-15-4-2-3-14-17(15)32-20(24)27-14;1-14-16(23-18(26)28-19(2,3)4)20(13-27-14)6-10-24(11-7-20)17-22-8-5-15-21-9-12-25(15)17;8-4-2-1-3-5-6(4)11-7(9)10-5;;1-3-5-7-9-11-13-15-17-16-14-12-10-8-6-4-2;;/h5-7,10,13-14,16,21H,8-9,11-12,15H2,1-4H3,(H2,28,31)(H,32,35);2-4,7,10-11,13,18H,5-6,8-9,12,23H2,1H3,(H2,24,27);8-9,12,14,16H,6-7,10-11,13H2,1-4H3,(H,23,26);1-3H,(H2,9,10);1H4;(H3,1,2,5,6,9,10,13,14,17);;1H2/q;;-1;;;;+1;/p-1/t16-,21+;13-,18+;14-,16+;;;;;/m000...../s1. The number of piperidine rings is 3. The van der Waals surface area contributed by atoms with E-state index in [0.29, 0.717) is 28.6 Å². The van der Waals surface area contributed by atoms with Crippen LogP contribution >= 0.6 is 73.5 Å². The second-order valence-corrected chi connectivity index (χ2v) is 38.4. The zero-order valence-electron chi connectivity index (χ0n) is 72.0. The molecule has 6 atom stereocenters. The van der Waals surface area contributed by atoms with Crippen LogP contribution in [0.3, 0.4) is 0 Å². The van der Waals surface area contributed by atoms with Crippen molar-refractivity contribution in [2.45, 2.75) is 175 Å². The van der Waals surface area contributed by atoms with E-state index in [1.54, 1.807) is 35.9 Å². The van der Waals surface area contributed by atoms with E-state index in [9.17, 15) is 9.59 Å². The minimum Gasteiger partial charge on any atom is -0.813 e. The molecule has 130 heavy (non-hydrogen) atoms. The zero-order chi connectivity index (χ0) is 89.6. The van der Waals surface area contributed by atoms with E-state index in [4.69, 9.17) is 62.1 Å². The Bertz CT molecular complexity index is 6070. The quantitative estimate of drug-likeness (QED) is 0.00847. The van der Waals surface area contributed by atoms with Crippen molar-refractivity contribution in [3.63, 3.8) is 0 Å². The number of nitrogens with two attached hydrogens (primary N) is 5. The summed E-state index contributed by atoms with van der Waals surface area (Å²) < 4.78 is 39.4. The number of thiazole rings is 3. The number of hydrogen-bond donors (Lipinski definition) is 8. The number of anilines is 6. The number of benzene rings is 3. The molecule has 6 saturated heterocycles. The fourth-order valence-corrected chi connectivity index (χ4v) is 21.2. The minimum atomic E-state index is -0.546. The molecule has 53 heteroatoms. The summed E-state index contributed by atoms with van der Waals surface area (Å²) in [7, 11) is 0. The molecule has 12 aromatic rings. The first-order valence-electron chi connectivity index (χ1n) is 40.1. The number of fused-ring (bicyclic) bond motifs is 6. The average Bonchev–Trinajstić information content (AvgIpc) is 1.63. The molecule has 0 bridgehead atoms. The molecule has 3 aromatic carbocycles. The van der Waals surface area contributed by atoms with Crippen molar-refractivity contribution in [1.82, 2.24) is 68.7 Å². The van der Waals surface area contributed by atoms with Crippen LogP contribution in [0.4, 0.5) is 42.8 Å². The molecule has 6 fully saturated rings. The molecular formula is C77H99BrN38NaO7S6-. The maximum absolute atomic E-state index is 12.6. The monoisotopic (exact) mass is 1960 g/mol. The molecule has 9 aromatic heterocycles. The summed E-state index contributed by atoms with van der Waals surface area (Å²) >= 11 is 11.2. The normalized spacial score (nSPS) is 20.0. The SMILES string of the molecule is C.C[C@@H]1OCC2(CCN(c3nc[c-]c4nccn34)CC2)[C@@H]1NC(=O)OC(C)(C)C.C[C@@H]1OCC2(CCN(c3ncc(Sc4cccc5nc(N)sc45)c4nccn34)CC2)[C@@H]1N.C[C@@H]1OCC2(CCN(c3ncc(Sc4cccc5nc(N)sc45)c4nccn34)CC2)[C@@H]1NC(=O)OC(C)(C)C.N=N/N=N/N=N/N=N/N=N/N=N/N=N/N=N/N.Nc1nc2cccc(Br)c2s1.[Na+].[SH-]. The van der Waals surface area contributed by atoms with Crippen LogP contribution in [0.5, 0.6) is 0 Å². The van der Waals surface area contributed by atoms with Crippen LogP contribution < -0.4 is 83.7 Å². The second-order valence-electron chi connectivity index (χ2n) is 32.3. The molecule has 15 heterocycles. The number of ether oxygens (including phenoxy) is 5. The number of rotatable bonds is 16. The molecule has 684 valence electrons. The third kappa shape index (κ3) is 24.1. The van der Waals surface area contributed by atoms with Gasteiger partial charge in [0.25, 0.3) is 0 Å². The Labute approximate surface area is 804 Å². The number of amides is 2. The van der Waals surface area contributed by atoms with Gasteiger partial charge in [-0.3, -0.25) is 18.8 Å². The number of imidazole rings is 3. The topological polar surface area (TPSA) is 583 Å². The molecule has 45 nitrogen and oxygen atoms in total.